The molecule has 0 spiro atoms. The van der Waals surface area contributed by atoms with Crippen LogP contribution in [0, 0.1) is 11.6 Å². The molecular weight excluding hydrogens is 232 g/mol. The molecule has 2 aromatic rings. The molecule has 0 fully saturated rings. The lowest BCUT2D eigenvalue weighted by Crippen LogP contribution is -1.96. The highest BCUT2D eigenvalue weighted by molar-refractivity contribution is 6.30. The molecule has 0 heterocycles. The number of nitrogen functional groups attached to an aromatic ring is 1. The van der Waals surface area contributed by atoms with Crippen molar-refractivity contribution < 1.29 is 8.78 Å². The van der Waals surface area contributed by atoms with E-state index in [0.29, 0.717) is 16.1 Å². The van der Waals surface area contributed by atoms with Crippen molar-refractivity contribution in [2.24, 2.45) is 0 Å². The molecule has 0 unspecified atom stereocenters. The van der Waals surface area contributed by atoms with E-state index >= 15 is 0 Å². The summed E-state index contributed by atoms with van der Waals surface area (Å²) >= 11 is 5.80. The lowest BCUT2D eigenvalue weighted by atomic mass is 10.0. The quantitative estimate of drug-likeness (QED) is 0.751. The average molecular weight is 240 g/mol. The minimum atomic E-state index is -0.769. The molecule has 0 aliphatic heterocycles. The van der Waals surface area contributed by atoms with Crippen LogP contribution in [0.1, 0.15) is 0 Å². The van der Waals surface area contributed by atoms with E-state index in [0.717, 1.165) is 6.07 Å². The zero-order valence-electron chi connectivity index (χ0n) is 8.18. The normalized spacial score (nSPS) is 10.4. The highest BCUT2D eigenvalue weighted by Gasteiger charge is 2.10. The predicted octanol–water partition coefficient (Wildman–Crippen LogP) is 3.87. The first-order chi connectivity index (χ1) is 7.58. The summed E-state index contributed by atoms with van der Waals surface area (Å²) in [6, 6.07) is 8.60. The van der Waals surface area contributed by atoms with E-state index in [-0.39, 0.29) is 5.69 Å². The van der Waals surface area contributed by atoms with Gasteiger partial charge in [0.05, 0.1) is 5.69 Å². The summed E-state index contributed by atoms with van der Waals surface area (Å²) in [4.78, 5) is 0. The van der Waals surface area contributed by atoms with Crippen LogP contribution in [-0.4, -0.2) is 0 Å². The van der Waals surface area contributed by atoms with Crippen molar-refractivity contribution in [2.75, 3.05) is 5.73 Å². The van der Waals surface area contributed by atoms with Gasteiger partial charge in [0.25, 0.3) is 0 Å². The van der Waals surface area contributed by atoms with E-state index in [2.05, 4.69) is 0 Å². The Balaban J connectivity index is 2.64. The SMILES string of the molecule is Nc1c(F)cc(F)cc1-c1cccc(Cl)c1. The van der Waals surface area contributed by atoms with Crippen molar-refractivity contribution in [1.82, 2.24) is 0 Å². The molecule has 1 nitrogen and oxygen atoms in total. The van der Waals surface area contributed by atoms with E-state index in [1.807, 2.05) is 0 Å². The van der Waals surface area contributed by atoms with Gasteiger partial charge < -0.3 is 5.73 Å². The summed E-state index contributed by atoms with van der Waals surface area (Å²) in [5, 5.41) is 0.488. The molecule has 0 saturated heterocycles. The number of hydrogen-bond acceptors (Lipinski definition) is 1. The Morgan fingerprint density at radius 3 is 2.50 bits per heavy atom. The molecule has 0 amide bonds. The summed E-state index contributed by atoms with van der Waals surface area (Å²) < 4.78 is 26.3. The highest BCUT2D eigenvalue weighted by Crippen LogP contribution is 2.30. The van der Waals surface area contributed by atoms with Gasteiger partial charge in [0.15, 0.2) is 0 Å². The molecule has 0 atom stereocenters. The molecule has 0 saturated carbocycles. The minimum absolute atomic E-state index is 0.0799. The van der Waals surface area contributed by atoms with E-state index in [9.17, 15) is 8.78 Å². The standard InChI is InChI=1S/C12H8ClF2N/c13-8-3-1-2-7(4-8)10-5-9(14)6-11(15)12(10)16/h1-6H,16H2. The molecule has 16 heavy (non-hydrogen) atoms. The largest absolute Gasteiger partial charge is 0.396 e. The highest BCUT2D eigenvalue weighted by atomic mass is 35.5. The van der Waals surface area contributed by atoms with Gasteiger partial charge in [-0.3, -0.25) is 0 Å². The molecule has 2 aromatic carbocycles. The first kappa shape index (κ1) is 10.9. The van der Waals surface area contributed by atoms with E-state index in [1.165, 1.54) is 6.07 Å². The van der Waals surface area contributed by atoms with Gasteiger partial charge in [-0.2, -0.15) is 0 Å². The van der Waals surface area contributed by atoms with Crippen LogP contribution in [0.3, 0.4) is 0 Å². The van der Waals surface area contributed by atoms with Crippen molar-refractivity contribution >= 4 is 17.3 Å². The third kappa shape index (κ3) is 1.99. The smallest absolute Gasteiger partial charge is 0.149 e. The fraction of sp³-hybridized carbons (Fsp3) is 0. The average Bonchev–Trinajstić information content (AvgIpc) is 2.23. The summed E-state index contributed by atoms with van der Waals surface area (Å²) in [7, 11) is 0. The number of anilines is 1. The number of nitrogens with two attached hydrogens (primary N) is 1. The molecule has 2 rings (SSSR count). The zero-order valence-corrected chi connectivity index (χ0v) is 8.93. The molecule has 0 aromatic heterocycles. The Morgan fingerprint density at radius 1 is 1.06 bits per heavy atom. The van der Waals surface area contributed by atoms with E-state index < -0.39 is 11.6 Å². The van der Waals surface area contributed by atoms with Crippen LogP contribution in [0.5, 0.6) is 0 Å². The number of rotatable bonds is 1. The minimum Gasteiger partial charge on any atom is -0.396 e. The first-order valence-corrected chi connectivity index (χ1v) is 4.96. The fourth-order valence-corrected chi connectivity index (χ4v) is 1.67. The van der Waals surface area contributed by atoms with Crippen LogP contribution < -0.4 is 5.73 Å². The molecule has 82 valence electrons. The van der Waals surface area contributed by atoms with Crippen molar-refractivity contribution in [3.05, 3.63) is 53.1 Å². The Hall–Kier alpha value is -1.61. The second kappa shape index (κ2) is 4.10. The fourth-order valence-electron chi connectivity index (χ4n) is 1.48. The van der Waals surface area contributed by atoms with Gasteiger partial charge in [0.1, 0.15) is 11.6 Å². The Morgan fingerprint density at radius 2 is 1.81 bits per heavy atom. The number of benzene rings is 2. The topological polar surface area (TPSA) is 26.0 Å². The molecular formula is C12H8ClF2N. The Labute approximate surface area is 96.5 Å². The van der Waals surface area contributed by atoms with Crippen LogP contribution in [0.2, 0.25) is 5.02 Å². The molecule has 0 radical (unpaired) electrons. The third-order valence-electron chi connectivity index (χ3n) is 2.23. The number of halogens is 3. The molecule has 0 bridgehead atoms. The summed E-state index contributed by atoms with van der Waals surface area (Å²) in [5.41, 5.74) is 6.36. The van der Waals surface area contributed by atoms with Crippen LogP contribution in [0.4, 0.5) is 14.5 Å². The third-order valence-corrected chi connectivity index (χ3v) is 2.47. The van der Waals surface area contributed by atoms with E-state index in [4.69, 9.17) is 17.3 Å². The summed E-state index contributed by atoms with van der Waals surface area (Å²) in [6.07, 6.45) is 0. The molecule has 2 N–H and O–H groups in total. The molecule has 0 aliphatic rings. The van der Waals surface area contributed by atoms with E-state index in [1.54, 1.807) is 24.3 Å². The van der Waals surface area contributed by atoms with Gasteiger partial charge >= 0.3 is 0 Å². The van der Waals surface area contributed by atoms with Crippen LogP contribution >= 0.6 is 11.6 Å². The Kier molecular flexibility index (Phi) is 2.79. The second-order valence-electron chi connectivity index (χ2n) is 3.36. The Bertz CT molecular complexity index is 541. The van der Waals surface area contributed by atoms with Gasteiger partial charge in [-0.1, -0.05) is 23.7 Å². The summed E-state index contributed by atoms with van der Waals surface area (Å²) in [5.74, 6) is -1.43. The summed E-state index contributed by atoms with van der Waals surface area (Å²) in [6.45, 7) is 0. The lowest BCUT2D eigenvalue weighted by molar-refractivity contribution is 0.587. The zero-order chi connectivity index (χ0) is 11.7. The van der Waals surface area contributed by atoms with Gasteiger partial charge in [-0.25, -0.2) is 8.78 Å². The predicted molar refractivity (Wildman–Crippen MR) is 61.2 cm³/mol. The maximum atomic E-state index is 13.2. The lowest BCUT2D eigenvalue weighted by Gasteiger charge is -2.07. The van der Waals surface area contributed by atoms with Crippen molar-refractivity contribution in [3.8, 4) is 11.1 Å². The maximum absolute atomic E-state index is 13.2. The van der Waals surface area contributed by atoms with Crippen molar-refractivity contribution in [2.45, 2.75) is 0 Å². The molecule has 4 heteroatoms. The van der Waals surface area contributed by atoms with Gasteiger partial charge in [-0.05, 0) is 23.8 Å². The number of hydrogen-bond donors (Lipinski definition) is 1. The van der Waals surface area contributed by atoms with Crippen LogP contribution in [0.15, 0.2) is 36.4 Å². The monoisotopic (exact) mass is 239 g/mol. The maximum Gasteiger partial charge on any atom is 0.149 e. The van der Waals surface area contributed by atoms with Gasteiger partial charge in [-0.15, -0.1) is 0 Å². The first-order valence-electron chi connectivity index (χ1n) is 4.58. The molecule has 0 aliphatic carbocycles. The van der Waals surface area contributed by atoms with Crippen molar-refractivity contribution in [1.29, 1.82) is 0 Å². The van der Waals surface area contributed by atoms with Gasteiger partial charge in [0.2, 0.25) is 0 Å². The van der Waals surface area contributed by atoms with Gasteiger partial charge in [0, 0.05) is 16.7 Å². The van der Waals surface area contributed by atoms with Crippen LogP contribution in [0.25, 0.3) is 11.1 Å². The second-order valence-corrected chi connectivity index (χ2v) is 3.80. The van der Waals surface area contributed by atoms with Crippen LogP contribution in [-0.2, 0) is 0 Å². The van der Waals surface area contributed by atoms with Crippen molar-refractivity contribution in [3.63, 3.8) is 0 Å².